The summed E-state index contributed by atoms with van der Waals surface area (Å²) in [6.07, 6.45) is 12.1. The van der Waals surface area contributed by atoms with Crippen LogP contribution in [0.4, 0.5) is 10.1 Å². The molecule has 16 nitrogen and oxygen atoms in total. The Morgan fingerprint density at radius 2 is 1.19 bits per heavy atom. The van der Waals surface area contributed by atoms with E-state index in [9.17, 15) is 28.7 Å². The first-order valence-corrected chi connectivity index (χ1v) is 27.4. The molecule has 19 heteroatoms. The predicted octanol–water partition coefficient (Wildman–Crippen LogP) is 6.10. The van der Waals surface area contributed by atoms with Gasteiger partial charge in [-0.1, -0.05) is 24.3 Å². The number of nitrogens with zero attached hydrogens (tertiary/aromatic N) is 7. The summed E-state index contributed by atoms with van der Waals surface area (Å²) < 4.78 is 19.5. The number of halogens is 1. The fraction of sp³-hybridized carbons (Fsp3) is 0.444. The number of para-hydroxylation sites is 2. The maximum Gasteiger partial charge on any atom is 0.258 e. The monoisotopic (exact) mass is 1030 g/mol. The van der Waals surface area contributed by atoms with Crippen LogP contribution in [0.5, 0.6) is 0 Å². The molecule has 4 fully saturated rings. The zero-order valence-electron chi connectivity index (χ0n) is 41.0. The maximum absolute atomic E-state index is 13.9. The molecule has 73 heavy (non-hydrogen) atoms. The van der Waals surface area contributed by atoms with Gasteiger partial charge in [-0.3, -0.25) is 28.0 Å². The van der Waals surface area contributed by atoms with Gasteiger partial charge < -0.3 is 40.9 Å². The second kappa shape index (κ2) is 23.1. The number of benzene rings is 2. The smallest absolute Gasteiger partial charge is 0.258 e. The van der Waals surface area contributed by atoms with Gasteiger partial charge in [-0.05, 0) is 132 Å². The Bertz CT molecular complexity index is 3400. The maximum atomic E-state index is 13.9. The van der Waals surface area contributed by atoms with Crippen molar-refractivity contribution in [3.05, 3.63) is 110 Å². The van der Waals surface area contributed by atoms with E-state index in [1.165, 1.54) is 61.2 Å². The van der Waals surface area contributed by atoms with Crippen LogP contribution in [0.2, 0.25) is 0 Å². The summed E-state index contributed by atoms with van der Waals surface area (Å²) in [6.45, 7) is 11.0. The van der Waals surface area contributed by atoms with E-state index in [2.05, 4.69) is 35.6 Å². The Morgan fingerprint density at radius 3 is 1.71 bits per heavy atom. The zero-order valence-corrected chi connectivity index (χ0v) is 42.6. The molecular weight excluding hydrogens is 968 g/mol. The van der Waals surface area contributed by atoms with E-state index in [-0.39, 0.29) is 40.4 Å². The SMILES string of the molecule is O=C(NCCN1CCCC1)c1c(=O)c2cc(F)cnc2n2c1sc1ccccc12.O=C(NCCN1CCCC1)c1c(=O)c2cc(N3CCCC(CO)C3)cnc2n2c1sc1ccccc12.OCC1CCCNC1. The van der Waals surface area contributed by atoms with Gasteiger partial charge in [-0.15, -0.1) is 22.7 Å². The van der Waals surface area contributed by atoms with E-state index < -0.39 is 17.2 Å². The summed E-state index contributed by atoms with van der Waals surface area (Å²) >= 11 is 2.82. The van der Waals surface area contributed by atoms with E-state index in [4.69, 9.17) is 10.1 Å². The van der Waals surface area contributed by atoms with Crippen molar-refractivity contribution in [2.75, 3.05) is 96.7 Å². The number of likely N-dealkylation sites (tertiary alicyclic amines) is 2. The molecule has 2 atom stereocenters. The van der Waals surface area contributed by atoms with Crippen LogP contribution in [0.1, 0.15) is 72.1 Å². The standard InChI is InChI=1S/C27H31N5O3S.C21H19FN4O2S.C6H13NO/c33-17-18-6-5-12-31(16-18)19-14-20-24(34)23(26(35)28-9-13-30-10-3-4-11-30)27-32(25(20)29-15-19)21-7-1-2-8-22(21)36-27;22-13-11-14-18(27)17(20(28)23-7-10-25-8-3-4-9-25)21-26(19(14)24-12-13)15-5-1-2-6-16(15)29-21;8-5-6-2-1-3-7-4-6/h1-2,7-8,14-15,18,33H,3-6,9-13,16-17H2,(H,28,35);1-2,5-6,11-12H,3-4,7-10H2,(H,23,28);6-8H,1-5H2. The van der Waals surface area contributed by atoms with Gasteiger partial charge in [0.25, 0.3) is 11.8 Å². The number of piperidine rings is 2. The molecule has 5 N–H and O–H groups in total. The number of aliphatic hydroxyl groups excluding tert-OH is 2. The number of aliphatic hydroxyl groups is 2. The number of hydrogen-bond donors (Lipinski definition) is 5. The third-order valence-electron chi connectivity index (χ3n) is 14.6. The Labute approximate surface area is 429 Å². The van der Waals surface area contributed by atoms with Crippen molar-refractivity contribution in [1.29, 1.82) is 0 Å². The highest BCUT2D eigenvalue weighted by atomic mass is 32.1. The average Bonchev–Trinajstić information content (AvgIpc) is 4.28. The van der Waals surface area contributed by atoms with E-state index in [1.807, 2.05) is 65.2 Å². The molecule has 4 aliphatic rings. The average molecular weight is 1030 g/mol. The minimum atomic E-state index is -0.602. The number of aromatic nitrogens is 4. The van der Waals surface area contributed by atoms with Crippen LogP contribution < -0.4 is 31.7 Å². The van der Waals surface area contributed by atoms with Crippen molar-refractivity contribution in [2.24, 2.45) is 11.8 Å². The Kier molecular flexibility index (Phi) is 16.0. The highest BCUT2D eigenvalue weighted by molar-refractivity contribution is 7.24. The molecule has 12 rings (SSSR count). The van der Waals surface area contributed by atoms with Crippen molar-refractivity contribution in [3.8, 4) is 0 Å². The summed E-state index contributed by atoms with van der Waals surface area (Å²) in [4.78, 5) is 70.4. The number of amides is 2. The molecule has 384 valence electrons. The first-order valence-electron chi connectivity index (χ1n) is 25.8. The lowest BCUT2D eigenvalue weighted by Gasteiger charge is -2.33. The summed E-state index contributed by atoms with van der Waals surface area (Å²) in [5.41, 5.74) is 3.03. The quantitative estimate of drug-likeness (QED) is 0.100. The summed E-state index contributed by atoms with van der Waals surface area (Å²) in [7, 11) is 0. The molecule has 2 amide bonds. The van der Waals surface area contributed by atoms with Gasteiger partial charge in [0.1, 0.15) is 37.9 Å². The van der Waals surface area contributed by atoms with Crippen LogP contribution in [0.15, 0.2) is 82.6 Å². The third-order valence-corrected chi connectivity index (χ3v) is 16.9. The number of pyridine rings is 4. The topological polar surface area (TPSA) is 189 Å². The lowest BCUT2D eigenvalue weighted by atomic mass is 9.98. The Hall–Kier alpha value is -5.93. The van der Waals surface area contributed by atoms with Crippen LogP contribution in [0.25, 0.3) is 52.2 Å². The largest absolute Gasteiger partial charge is 0.396 e. The molecule has 0 spiro atoms. The molecular formula is C54H63FN10O6S2. The Balaban J connectivity index is 0.000000148. The number of thiazole rings is 2. The molecule has 2 unspecified atom stereocenters. The van der Waals surface area contributed by atoms with Gasteiger partial charge >= 0.3 is 0 Å². The van der Waals surface area contributed by atoms with Crippen molar-refractivity contribution in [1.82, 2.24) is 44.5 Å². The second-order valence-electron chi connectivity index (χ2n) is 19.6. The summed E-state index contributed by atoms with van der Waals surface area (Å²) in [5, 5.41) is 28.0. The van der Waals surface area contributed by atoms with Gasteiger partial charge in [-0.2, -0.15) is 0 Å². The summed E-state index contributed by atoms with van der Waals surface area (Å²) in [5.74, 6) is -0.604. The number of hydrogen-bond acceptors (Lipinski definition) is 14. The predicted molar refractivity (Wildman–Crippen MR) is 289 cm³/mol. The first-order chi connectivity index (χ1) is 35.7. The molecule has 10 heterocycles. The van der Waals surface area contributed by atoms with Crippen molar-refractivity contribution < 1.29 is 24.2 Å². The molecule has 0 radical (unpaired) electrons. The fourth-order valence-corrected chi connectivity index (χ4v) is 13.1. The number of nitrogens with one attached hydrogen (secondary N) is 3. The van der Waals surface area contributed by atoms with Crippen LogP contribution in [-0.2, 0) is 0 Å². The van der Waals surface area contributed by atoms with Crippen LogP contribution in [0.3, 0.4) is 0 Å². The minimum Gasteiger partial charge on any atom is -0.396 e. The van der Waals surface area contributed by atoms with Crippen molar-refractivity contribution in [2.45, 2.75) is 51.4 Å². The molecule has 0 saturated carbocycles. The van der Waals surface area contributed by atoms with Gasteiger partial charge in [0, 0.05) is 59.0 Å². The second-order valence-corrected chi connectivity index (χ2v) is 21.6. The molecule has 8 aromatic rings. The number of carbonyl (C=O) groups excluding carboxylic acids is 2. The van der Waals surface area contributed by atoms with Gasteiger partial charge in [0.2, 0.25) is 10.9 Å². The van der Waals surface area contributed by atoms with Gasteiger partial charge in [0.05, 0.1) is 49.3 Å². The molecule has 6 aromatic heterocycles. The van der Waals surface area contributed by atoms with Crippen molar-refractivity contribution >= 4 is 92.3 Å². The number of rotatable bonds is 11. The first kappa shape index (κ1) is 50.6. The van der Waals surface area contributed by atoms with Crippen LogP contribution in [0, 0.1) is 17.7 Å². The molecule has 4 aliphatic heterocycles. The fourth-order valence-electron chi connectivity index (χ4n) is 10.7. The normalized spacial score (nSPS) is 18.6. The van der Waals surface area contributed by atoms with Crippen molar-refractivity contribution in [3.63, 3.8) is 0 Å². The molecule has 4 saturated heterocycles. The lowest BCUT2D eigenvalue weighted by molar-refractivity contribution is 0.0942. The Morgan fingerprint density at radius 1 is 0.671 bits per heavy atom. The summed E-state index contributed by atoms with van der Waals surface area (Å²) in [6, 6.07) is 18.6. The van der Waals surface area contributed by atoms with Crippen LogP contribution >= 0.6 is 22.7 Å². The van der Waals surface area contributed by atoms with Crippen LogP contribution in [-0.4, -0.2) is 142 Å². The number of fused-ring (bicyclic) bond motifs is 10. The lowest BCUT2D eigenvalue weighted by Crippen LogP contribution is -2.37. The van der Waals surface area contributed by atoms with E-state index in [1.54, 1.807) is 4.40 Å². The zero-order chi connectivity index (χ0) is 50.4. The highest BCUT2D eigenvalue weighted by Crippen LogP contribution is 2.33. The molecule has 0 aliphatic carbocycles. The third kappa shape index (κ3) is 10.9. The van der Waals surface area contributed by atoms with Gasteiger partial charge in [-0.25, -0.2) is 14.4 Å². The number of carbonyl (C=O) groups is 2. The molecule has 2 aromatic carbocycles. The van der Waals surface area contributed by atoms with E-state index >= 15 is 0 Å². The van der Waals surface area contributed by atoms with E-state index in [0.29, 0.717) is 52.0 Å². The number of anilines is 1. The molecule has 0 bridgehead atoms. The minimum absolute atomic E-state index is 0.0486. The van der Waals surface area contributed by atoms with E-state index in [0.717, 1.165) is 117 Å². The highest BCUT2D eigenvalue weighted by Gasteiger charge is 2.27. The van der Waals surface area contributed by atoms with Gasteiger partial charge in [0.15, 0.2) is 0 Å².